The molecule has 2 aromatic rings. The van der Waals surface area contributed by atoms with Gasteiger partial charge in [-0.05, 0) is 48.9 Å². The van der Waals surface area contributed by atoms with Crippen LogP contribution in [0.3, 0.4) is 0 Å². The molecule has 0 aliphatic rings. The van der Waals surface area contributed by atoms with Crippen LogP contribution in [0.15, 0.2) is 48.5 Å². The van der Waals surface area contributed by atoms with Gasteiger partial charge in [0, 0.05) is 12.2 Å². The fourth-order valence-electron chi connectivity index (χ4n) is 1.84. The molecule has 0 heterocycles. The van der Waals surface area contributed by atoms with Crippen LogP contribution < -0.4 is 16.2 Å². The second-order valence-electron chi connectivity index (χ2n) is 4.60. The van der Waals surface area contributed by atoms with Gasteiger partial charge in [-0.15, -0.1) is 24.8 Å². The molecule has 1 amide bonds. The fourth-order valence-corrected chi connectivity index (χ4v) is 1.84. The highest BCUT2D eigenvalue weighted by Crippen LogP contribution is 2.17. The van der Waals surface area contributed by atoms with Crippen molar-refractivity contribution in [3.05, 3.63) is 59.9 Å². The standard InChI is InChI=1S/C16H18FN3O2.2ClH/c1-2-22-16(21)20(18)15-9-7-14(8-10-15)19-11-12-3-5-13(17)6-4-12;;/h3-10,19H,2,11,18H2,1H3;2*1H. The summed E-state index contributed by atoms with van der Waals surface area (Å²) in [6, 6.07) is 13.3. The van der Waals surface area contributed by atoms with Crippen LogP contribution in [0.25, 0.3) is 0 Å². The first-order valence-corrected chi connectivity index (χ1v) is 6.90. The lowest BCUT2D eigenvalue weighted by Gasteiger charge is -2.16. The third-order valence-electron chi connectivity index (χ3n) is 3.02. The summed E-state index contributed by atoms with van der Waals surface area (Å²) in [6.45, 7) is 2.56. The number of hydrogen-bond donors (Lipinski definition) is 2. The van der Waals surface area contributed by atoms with Crippen LogP contribution in [-0.2, 0) is 11.3 Å². The van der Waals surface area contributed by atoms with Gasteiger partial charge in [0.15, 0.2) is 0 Å². The molecular formula is C16H20Cl2FN3O2. The lowest BCUT2D eigenvalue weighted by molar-refractivity contribution is 0.160. The lowest BCUT2D eigenvalue weighted by atomic mass is 10.2. The van der Waals surface area contributed by atoms with E-state index in [9.17, 15) is 9.18 Å². The van der Waals surface area contributed by atoms with Gasteiger partial charge in [0.2, 0.25) is 0 Å². The van der Waals surface area contributed by atoms with E-state index in [4.69, 9.17) is 10.6 Å². The summed E-state index contributed by atoms with van der Waals surface area (Å²) in [5.74, 6) is 5.40. The van der Waals surface area contributed by atoms with E-state index in [1.54, 1.807) is 43.3 Å². The van der Waals surface area contributed by atoms with Crippen molar-refractivity contribution in [2.24, 2.45) is 5.84 Å². The summed E-state index contributed by atoms with van der Waals surface area (Å²) in [5.41, 5.74) is 2.37. The molecule has 2 rings (SSSR count). The Morgan fingerprint density at radius 1 is 1.12 bits per heavy atom. The Hall–Kier alpha value is -2.02. The van der Waals surface area contributed by atoms with Gasteiger partial charge in [-0.2, -0.15) is 0 Å². The Bertz CT molecular complexity index is 624. The van der Waals surface area contributed by atoms with Crippen molar-refractivity contribution in [2.75, 3.05) is 16.9 Å². The molecular weight excluding hydrogens is 356 g/mol. The number of benzene rings is 2. The highest BCUT2D eigenvalue weighted by atomic mass is 35.5. The molecule has 24 heavy (non-hydrogen) atoms. The van der Waals surface area contributed by atoms with Gasteiger partial charge in [-0.3, -0.25) is 0 Å². The molecule has 0 aromatic heterocycles. The van der Waals surface area contributed by atoms with Crippen LogP contribution in [0, 0.1) is 5.82 Å². The highest BCUT2D eigenvalue weighted by molar-refractivity contribution is 5.86. The Morgan fingerprint density at radius 3 is 2.25 bits per heavy atom. The van der Waals surface area contributed by atoms with E-state index in [0.717, 1.165) is 16.3 Å². The van der Waals surface area contributed by atoms with Crippen molar-refractivity contribution in [3.63, 3.8) is 0 Å². The molecule has 0 aliphatic heterocycles. The Morgan fingerprint density at radius 2 is 1.71 bits per heavy atom. The molecule has 0 unspecified atom stereocenters. The number of carbonyl (C=O) groups excluding carboxylic acids is 1. The first-order valence-electron chi connectivity index (χ1n) is 6.90. The summed E-state index contributed by atoms with van der Waals surface area (Å²) in [5, 5.41) is 4.15. The van der Waals surface area contributed by atoms with Crippen molar-refractivity contribution in [1.82, 2.24) is 0 Å². The van der Waals surface area contributed by atoms with Gasteiger partial charge < -0.3 is 10.1 Å². The molecule has 0 atom stereocenters. The normalized spacial score (nSPS) is 9.29. The second-order valence-corrected chi connectivity index (χ2v) is 4.60. The maximum absolute atomic E-state index is 12.8. The van der Waals surface area contributed by atoms with Crippen LogP contribution >= 0.6 is 24.8 Å². The number of amides is 1. The van der Waals surface area contributed by atoms with Gasteiger partial charge in [0.25, 0.3) is 0 Å². The number of nitrogens with zero attached hydrogens (tertiary/aromatic N) is 1. The minimum Gasteiger partial charge on any atom is -0.449 e. The van der Waals surface area contributed by atoms with Crippen molar-refractivity contribution in [2.45, 2.75) is 13.5 Å². The number of hydrogen-bond acceptors (Lipinski definition) is 4. The van der Waals surface area contributed by atoms with Gasteiger partial charge >= 0.3 is 6.09 Å². The van der Waals surface area contributed by atoms with Gasteiger partial charge in [-0.1, -0.05) is 12.1 Å². The molecule has 0 fully saturated rings. The van der Waals surface area contributed by atoms with E-state index in [-0.39, 0.29) is 37.2 Å². The maximum atomic E-state index is 12.8. The van der Waals surface area contributed by atoms with Crippen molar-refractivity contribution in [1.29, 1.82) is 0 Å². The zero-order valence-electron chi connectivity index (χ0n) is 13.1. The Balaban J connectivity index is 0.00000264. The number of hydrazine groups is 1. The Kier molecular flexibility index (Phi) is 9.80. The Labute approximate surface area is 152 Å². The number of carbonyl (C=O) groups is 1. The van der Waals surface area contributed by atoms with Crippen LogP contribution in [0.5, 0.6) is 0 Å². The zero-order chi connectivity index (χ0) is 15.9. The SMILES string of the molecule is CCOC(=O)N(N)c1ccc(NCc2ccc(F)cc2)cc1.Cl.Cl. The first kappa shape index (κ1) is 22.0. The predicted octanol–water partition coefficient (Wildman–Crippen LogP) is 4.12. The minimum atomic E-state index is -0.602. The molecule has 3 N–H and O–H groups in total. The molecule has 132 valence electrons. The van der Waals surface area contributed by atoms with E-state index in [2.05, 4.69) is 5.32 Å². The summed E-state index contributed by atoms with van der Waals surface area (Å²) < 4.78 is 17.6. The predicted molar refractivity (Wildman–Crippen MR) is 98.4 cm³/mol. The van der Waals surface area contributed by atoms with Gasteiger partial charge in [0.1, 0.15) is 5.82 Å². The first-order chi connectivity index (χ1) is 10.6. The summed E-state index contributed by atoms with van der Waals surface area (Å²) in [6.07, 6.45) is -0.602. The second kappa shape index (κ2) is 10.7. The lowest BCUT2D eigenvalue weighted by Crippen LogP contribution is -2.37. The van der Waals surface area contributed by atoms with Crippen LogP contribution in [0.1, 0.15) is 12.5 Å². The summed E-state index contributed by atoms with van der Waals surface area (Å²) >= 11 is 0. The fraction of sp³-hybridized carbons (Fsp3) is 0.188. The number of halogens is 3. The van der Waals surface area contributed by atoms with Crippen molar-refractivity contribution in [3.8, 4) is 0 Å². The molecule has 2 aromatic carbocycles. The number of anilines is 2. The highest BCUT2D eigenvalue weighted by Gasteiger charge is 2.11. The third-order valence-corrected chi connectivity index (χ3v) is 3.02. The van der Waals surface area contributed by atoms with E-state index in [1.807, 2.05) is 0 Å². The molecule has 0 saturated heterocycles. The number of nitrogens with two attached hydrogens (primary N) is 1. The average molecular weight is 376 g/mol. The topological polar surface area (TPSA) is 67.6 Å². The summed E-state index contributed by atoms with van der Waals surface area (Å²) in [4.78, 5) is 11.5. The van der Waals surface area contributed by atoms with Crippen LogP contribution in [0.2, 0.25) is 0 Å². The minimum absolute atomic E-state index is 0. The number of rotatable bonds is 5. The van der Waals surface area contributed by atoms with E-state index < -0.39 is 6.09 Å². The number of nitrogens with one attached hydrogen (secondary N) is 1. The monoisotopic (exact) mass is 375 g/mol. The maximum Gasteiger partial charge on any atom is 0.428 e. The average Bonchev–Trinajstić information content (AvgIpc) is 2.54. The van der Waals surface area contributed by atoms with E-state index >= 15 is 0 Å². The molecule has 8 heteroatoms. The van der Waals surface area contributed by atoms with E-state index in [0.29, 0.717) is 12.2 Å². The van der Waals surface area contributed by atoms with E-state index in [1.165, 1.54) is 12.1 Å². The smallest absolute Gasteiger partial charge is 0.428 e. The number of ether oxygens (including phenoxy) is 1. The quantitative estimate of drug-likeness (QED) is 0.468. The van der Waals surface area contributed by atoms with Crippen LogP contribution in [0.4, 0.5) is 20.6 Å². The van der Waals surface area contributed by atoms with Crippen LogP contribution in [-0.4, -0.2) is 12.7 Å². The molecule has 0 bridgehead atoms. The van der Waals surface area contributed by atoms with Crippen molar-refractivity contribution >= 4 is 42.3 Å². The molecule has 0 spiro atoms. The molecule has 0 aliphatic carbocycles. The third kappa shape index (κ3) is 6.23. The largest absolute Gasteiger partial charge is 0.449 e. The van der Waals surface area contributed by atoms with Gasteiger partial charge in [0.05, 0.1) is 12.3 Å². The molecule has 0 radical (unpaired) electrons. The summed E-state index contributed by atoms with van der Waals surface area (Å²) in [7, 11) is 0. The molecule has 5 nitrogen and oxygen atoms in total. The molecule has 0 saturated carbocycles. The van der Waals surface area contributed by atoms with Gasteiger partial charge in [-0.25, -0.2) is 20.0 Å². The zero-order valence-corrected chi connectivity index (χ0v) is 14.7. The van der Waals surface area contributed by atoms with Crippen molar-refractivity contribution < 1.29 is 13.9 Å².